The highest BCUT2D eigenvalue weighted by molar-refractivity contribution is 9.10. The van der Waals surface area contributed by atoms with Crippen molar-refractivity contribution in [1.29, 1.82) is 0 Å². The zero-order valence-electron chi connectivity index (χ0n) is 11.9. The average molecular weight is 322 g/mol. The largest absolute Gasteiger partial charge is 0.330 e. The summed E-state index contributed by atoms with van der Waals surface area (Å²) in [5.41, 5.74) is 11.7. The Morgan fingerprint density at radius 1 is 1.16 bits per heavy atom. The number of aryl methyl sites for hydroxylation is 3. The third-order valence-corrected chi connectivity index (χ3v) is 4.49. The quantitative estimate of drug-likeness (QED) is 0.942. The second-order valence-electron chi connectivity index (χ2n) is 5.02. The third kappa shape index (κ3) is 2.60. The van der Waals surface area contributed by atoms with Gasteiger partial charge in [-0.25, -0.2) is 4.98 Å². The maximum absolute atomic E-state index is 5.63. The van der Waals surface area contributed by atoms with E-state index < -0.39 is 0 Å². The molecule has 0 atom stereocenters. The van der Waals surface area contributed by atoms with Gasteiger partial charge in [-0.2, -0.15) is 0 Å². The highest BCUT2D eigenvalue weighted by Gasteiger charge is 2.16. The lowest BCUT2D eigenvalue weighted by atomic mass is 9.99. The molecule has 0 bridgehead atoms. The van der Waals surface area contributed by atoms with Gasteiger partial charge in [0.25, 0.3) is 0 Å². The molecule has 1 heterocycles. The molecule has 0 aliphatic rings. The lowest BCUT2D eigenvalue weighted by Crippen LogP contribution is -2.07. The first-order chi connectivity index (χ1) is 8.95. The summed E-state index contributed by atoms with van der Waals surface area (Å²) in [4.78, 5) is 4.74. The highest BCUT2D eigenvalue weighted by atomic mass is 79.9. The molecule has 0 radical (unpaired) electrons. The Hall–Kier alpha value is -1.13. The smallest absolute Gasteiger partial charge is 0.112 e. The van der Waals surface area contributed by atoms with Gasteiger partial charge in [-0.1, -0.05) is 6.07 Å². The maximum atomic E-state index is 5.63. The van der Waals surface area contributed by atoms with Gasteiger partial charge in [-0.05, 0) is 66.0 Å². The Morgan fingerprint density at radius 2 is 1.79 bits per heavy atom. The monoisotopic (exact) mass is 321 g/mol. The molecule has 0 amide bonds. The van der Waals surface area contributed by atoms with Crippen molar-refractivity contribution in [2.75, 3.05) is 6.54 Å². The minimum Gasteiger partial charge on any atom is -0.330 e. The molecule has 4 heteroatoms. The molecule has 2 aromatic rings. The van der Waals surface area contributed by atoms with Crippen molar-refractivity contribution in [3.05, 3.63) is 39.3 Å². The Balaban J connectivity index is 2.59. The summed E-state index contributed by atoms with van der Waals surface area (Å²) in [5.74, 6) is 1.02. The second-order valence-corrected chi connectivity index (χ2v) is 5.77. The maximum Gasteiger partial charge on any atom is 0.112 e. The highest BCUT2D eigenvalue weighted by Crippen LogP contribution is 2.32. The van der Waals surface area contributed by atoms with Crippen molar-refractivity contribution in [2.45, 2.75) is 27.2 Å². The van der Waals surface area contributed by atoms with E-state index in [-0.39, 0.29) is 0 Å². The van der Waals surface area contributed by atoms with Crippen LogP contribution in [-0.4, -0.2) is 16.1 Å². The normalized spacial score (nSPS) is 11.1. The van der Waals surface area contributed by atoms with E-state index >= 15 is 0 Å². The molecule has 0 spiro atoms. The van der Waals surface area contributed by atoms with E-state index in [0.717, 1.165) is 22.5 Å². The molecule has 102 valence electrons. The minimum atomic E-state index is 0.614. The molecule has 0 saturated carbocycles. The molecular weight excluding hydrogens is 302 g/mol. The summed E-state index contributed by atoms with van der Waals surface area (Å²) >= 11 is 3.64. The first-order valence-electron chi connectivity index (χ1n) is 6.45. The van der Waals surface area contributed by atoms with Crippen molar-refractivity contribution in [3.8, 4) is 11.3 Å². The van der Waals surface area contributed by atoms with Crippen LogP contribution in [0.4, 0.5) is 0 Å². The fourth-order valence-corrected chi connectivity index (χ4v) is 2.77. The predicted octanol–water partition coefficient (Wildman–Crippen LogP) is 3.28. The fourth-order valence-electron chi connectivity index (χ4n) is 2.26. The predicted molar refractivity (Wildman–Crippen MR) is 83.3 cm³/mol. The van der Waals surface area contributed by atoms with Crippen molar-refractivity contribution < 1.29 is 0 Å². The van der Waals surface area contributed by atoms with Crippen molar-refractivity contribution in [3.63, 3.8) is 0 Å². The first kappa shape index (κ1) is 14.3. The molecule has 1 aromatic heterocycles. The first-order valence-corrected chi connectivity index (χ1v) is 7.24. The van der Waals surface area contributed by atoms with E-state index in [1.54, 1.807) is 0 Å². The Bertz CT molecular complexity index is 614. The van der Waals surface area contributed by atoms with E-state index in [2.05, 4.69) is 53.4 Å². The topological polar surface area (TPSA) is 43.8 Å². The van der Waals surface area contributed by atoms with Crippen LogP contribution in [0.5, 0.6) is 0 Å². The summed E-state index contributed by atoms with van der Waals surface area (Å²) < 4.78 is 3.08. The Kier molecular flexibility index (Phi) is 4.11. The van der Waals surface area contributed by atoms with Gasteiger partial charge in [-0.15, -0.1) is 0 Å². The molecule has 0 fully saturated rings. The SMILES string of the molecule is Cc1cc(C)c(-c2nc(CCN)n(C)c2Br)cc1C. The number of nitrogens with two attached hydrogens (primary N) is 1. The van der Waals surface area contributed by atoms with Gasteiger partial charge >= 0.3 is 0 Å². The van der Waals surface area contributed by atoms with Gasteiger partial charge < -0.3 is 10.3 Å². The van der Waals surface area contributed by atoms with Crippen LogP contribution < -0.4 is 5.73 Å². The van der Waals surface area contributed by atoms with Crippen LogP contribution >= 0.6 is 15.9 Å². The number of halogens is 1. The summed E-state index contributed by atoms with van der Waals surface area (Å²) in [5, 5.41) is 0. The average Bonchev–Trinajstić information content (AvgIpc) is 2.63. The number of benzene rings is 1. The number of rotatable bonds is 3. The molecule has 19 heavy (non-hydrogen) atoms. The number of aromatic nitrogens is 2. The lowest BCUT2D eigenvalue weighted by Gasteiger charge is -2.08. The molecule has 3 nitrogen and oxygen atoms in total. The minimum absolute atomic E-state index is 0.614. The van der Waals surface area contributed by atoms with Gasteiger partial charge in [0, 0.05) is 19.0 Å². The zero-order chi connectivity index (χ0) is 14.2. The Labute approximate surface area is 123 Å². The van der Waals surface area contributed by atoms with E-state index in [4.69, 9.17) is 10.7 Å². The number of hydrogen-bond donors (Lipinski definition) is 1. The molecule has 2 N–H and O–H groups in total. The van der Waals surface area contributed by atoms with Crippen LogP contribution in [0.25, 0.3) is 11.3 Å². The molecule has 0 aliphatic carbocycles. The van der Waals surface area contributed by atoms with Crippen molar-refractivity contribution in [2.24, 2.45) is 12.8 Å². The van der Waals surface area contributed by atoms with Crippen LogP contribution in [0.3, 0.4) is 0 Å². The number of hydrogen-bond acceptors (Lipinski definition) is 2. The van der Waals surface area contributed by atoms with Crippen LogP contribution in [0.1, 0.15) is 22.5 Å². The van der Waals surface area contributed by atoms with Crippen LogP contribution in [-0.2, 0) is 13.5 Å². The molecule has 1 aromatic carbocycles. The van der Waals surface area contributed by atoms with E-state index in [0.29, 0.717) is 6.54 Å². The van der Waals surface area contributed by atoms with E-state index in [1.165, 1.54) is 22.3 Å². The van der Waals surface area contributed by atoms with Gasteiger partial charge in [-0.3, -0.25) is 0 Å². The van der Waals surface area contributed by atoms with Crippen molar-refractivity contribution >= 4 is 15.9 Å². The van der Waals surface area contributed by atoms with Crippen molar-refractivity contribution in [1.82, 2.24) is 9.55 Å². The zero-order valence-corrected chi connectivity index (χ0v) is 13.5. The van der Waals surface area contributed by atoms with Gasteiger partial charge in [0.15, 0.2) is 0 Å². The van der Waals surface area contributed by atoms with Gasteiger partial charge in [0.2, 0.25) is 0 Å². The van der Waals surface area contributed by atoms with Crippen LogP contribution in [0, 0.1) is 20.8 Å². The van der Waals surface area contributed by atoms with E-state index in [1.807, 2.05) is 7.05 Å². The lowest BCUT2D eigenvalue weighted by molar-refractivity contribution is 0.767. The summed E-state index contributed by atoms with van der Waals surface area (Å²) in [6, 6.07) is 4.43. The summed E-state index contributed by atoms with van der Waals surface area (Å²) in [7, 11) is 2.02. The molecule has 0 saturated heterocycles. The molecule has 0 aliphatic heterocycles. The van der Waals surface area contributed by atoms with E-state index in [9.17, 15) is 0 Å². The summed E-state index contributed by atoms with van der Waals surface area (Å²) in [6.45, 7) is 7.02. The standard InChI is InChI=1S/C15H20BrN3/c1-9-7-11(3)12(8-10(9)2)14-15(16)19(4)13(18-14)5-6-17/h7-8H,5-6,17H2,1-4H3. The molecule has 0 unspecified atom stereocenters. The van der Waals surface area contributed by atoms with Crippen LogP contribution in [0.15, 0.2) is 16.7 Å². The molecule has 2 rings (SSSR count). The fraction of sp³-hybridized carbons (Fsp3) is 0.400. The third-order valence-electron chi connectivity index (χ3n) is 3.58. The number of nitrogens with zero attached hydrogens (tertiary/aromatic N) is 2. The van der Waals surface area contributed by atoms with Gasteiger partial charge in [0.1, 0.15) is 16.1 Å². The summed E-state index contributed by atoms with van der Waals surface area (Å²) in [6.07, 6.45) is 0.791. The van der Waals surface area contributed by atoms with Crippen LogP contribution in [0.2, 0.25) is 0 Å². The van der Waals surface area contributed by atoms with Gasteiger partial charge in [0.05, 0.1) is 0 Å². The second kappa shape index (κ2) is 5.47. The Morgan fingerprint density at radius 3 is 2.42 bits per heavy atom. The number of imidazole rings is 1. The molecular formula is C15H20BrN3.